The van der Waals surface area contributed by atoms with E-state index in [0.717, 1.165) is 17.2 Å². The third-order valence-corrected chi connectivity index (χ3v) is 4.30. The molecule has 0 N–H and O–H groups in total. The molecule has 0 saturated heterocycles. The molecule has 3 aromatic carbocycles. The summed E-state index contributed by atoms with van der Waals surface area (Å²) in [7, 11) is 0. The molecule has 0 atom stereocenters. The summed E-state index contributed by atoms with van der Waals surface area (Å²) < 4.78 is 5.49. The molecule has 0 saturated carbocycles. The van der Waals surface area contributed by atoms with E-state index in [-0.39, 0.29) is 5.97 Å². The first-order valence-corrected chi connectivity index (χ1v) is 7.65. The molecule has 3 aromatic rings. The first-order valence-electron chi connectivity index (χ1n) is 7.65. The van der Waals surface area contributed by atoms with E-state index in [2.05, 4.69) is 49.0 Å². The molecule has 0 heterocycles. The van der Waals surface area contributed by atoms with Crippen LogP contribution < -0.4 is 4.74 Å². The lowest BCUT2D eigenvalue weighted by molar-refractivity contribution is -0.129. The normalized spacial score (nSPS) is 11.9. The molecule has 0 aliphatic heterocycles. The Morgan fingerprint density at radius 1 is 1.00 bits per heavy atom. The third-order valence-electron chi connectivity index (χ3n) is 4.30. The Morgan fingerprint density at radius 3 is 2.65 bits per heavy atom. The maximum Gasteiger partial charge on any atom is 0.338 e. The van der Waals surface area contributed by atoms with Gasteiger partial charge in [-0.05, 0) is 59.2 Å². The molecule has 1 aliphatic carbocycles. The number of ether oxygens (including phenoxy) is 1. The maximum atomic E-state index is 11.8. The molecular weight excluding hydrogens is 284 g/mol. The van der Waals surface area contributed by atoms with Crippen LogP contribution in [0.4, 0.5) is 0 Å². The van der Waals surface area contributed by atoms with E-state index in [4.69, 9.17) is 4.74 Å². The fourth-order valence-corrected chi connectivity index (χ4v) is 3.16. The number of fused-ring (bicyclic) bond motifs is 4. The molecule has 0 bridgehead atoms. The molecule has 2 nitrogen and oxygen atoms in total. The average Bonchev–Trinajstić information content (AvgIpc) is 2.91. The van der Waals surface area contributed by atoms with Crippen LogP contribution in [0.5, 0.6) is 5.75 Å². The summed E-state index contributed by atoms with van der Waals surface area (Å²) in [5, 5.41) is 2.04. The van der Waals surface area contributed by atoms with Crippen LogP contribution in [0.1, 0.15) is 18.1 Å². The fourth-order valence-electron chi connectivity index (χ4n) is 3.16. The van der Waals surface area contributed by atoms with Gasteiger partial charge in [0.1, 0.15) is 5.75 Å². The lowest BCUT2D eigenvalue weighted by Crippen LogP contribution is -2.08. The summed E-state index contributed by atoms with van der Waals surface area (Å²) in [5.41, 5.74) is 5.59. The molecule has 0 spiro atoms. The topological polar surface area (TPSA) is 26.3 Å². The zero-order chi connectivity index (χ0) is 16.0. The summed E-state index contributed by atoms with van der Waals surface area (Å²) >= 11 is 0. The minimum atomic E-state index is -0.388. The van der Waals surface area contributed by atoms with Crippen LogP contribution in [0, 0.1) is 0 Å². The lowest BCUT2D eigenvalue weighted by Gasteiger charge is -2.10. The highest BCUT2D eigenvalue weighted by molar-refractivity contribution is 5.98. The van der Waals surface area contributed by atoms with Crippen LogP contribution >= 0.6 is 0 Å². The number of esters is 1. The summed E-state index contributed by atoms with van der Waals surface area (Å²) in [6, 6.07) is 18.6. The van der Waals surface area contributed by atoms with Crippen LogP contribution in [-0.4, -0.2) is 5.97 Å². The minimum absolute atomic E-state index is 0.388. The van der Waals surface area contributed by atoms with E-state index in [1.165, 1.54) is 22.3 Å². The van der Waals surface area contributed by atoms with Gasteiger partial charge in [-0.2, -0.15) is 0 Å². The monoisotopic (exact) mass is 300 g/mol. The van der Waals surface area contributed by atoms with Crippen molar-refractivity contribution in [1.29, 1.82) is 0 Å². The molecule has 2 heteroatoms. The second-order valence-corrected chi connectivity index (χ2v) is 5.99. The Morgan fingerprint density at radius 2 is 1.83 bits per heavy atom. The van der Waals surface area contributed by atoms with E-state index in [9.17, 15) is 4.79 Å². The van der Waals surface area contributed by atoms with Crippen molar-refractivity contribution < 1.29 is 9.53 Å². The first kappa shape index (κ1) is 13.8. The van der Waals surface area contributed by atoms with Gasteiger partial charge in [0, 0.05) is 11.0 Å². The van der Waals surface area contributed by atoms with Crippen molar-refractivity contribution in [2.75, 3.05) is 0 Å². The van der Waals surface area contributed by atoms with Gasteiger partial charge in [-0.1, -0.05) is 43.0 Å². The molecular formula is C21H16O2. The third kappa shape index (κ3) is 2.23. The second kappa shape index (κ2) is 5.10. The van der Waals surface area contributed by atoms with Gasteiger partial charge in [-0.3, -0.25) is 0 Å². The van der Waals surface area contributed by atoms with E-state index in [1.807, 2.05) is 12.1 Å². The van der Waals surface area contributed by atoms with Crippen LogP contribution in [0.2, 0.25) is 0 Å². The number of carbonyl (C=O) groups excluding carboxylic acids is 1. The summed E-state index contributed by atoms with van der Waals surface area (Å²) in [6.45, 7) is 5.30. The second-order valence-electron chi connectivity index (χ2n) is 5.99. The largest absolute Gasteiger partial charge is 0.423 e. The SMILES string of the molecule is C=C(C)C(=O)Oc1cccc2cc3c(cc12)Cc1ccccc1-3. The van der Waals surface area contributed by atoms with Crippen molar-refractivity contribution >= 4 is 16.7 Å². The zero-order valence-electron chi connectivity index (χ0n) is 12.9. The van der Waals surface area contributed by atoms with Gasteiger partial charge in [-0.25, -0.2) is 4.79 Å². The average molecular weight is 300 g/mol. The number of hydrogen-bond acceptors (Lipinski definition) is 2. The van der Waals surface area contributed by atoms with Crippen molar-refractivity contribution in [3.63, 3.8) is 0 Å². The Balaban J connectivity index is 1.87. The zero-order valence-corrected chi connectivity index (χ0v) is 12.9. The molecule has 0 amide bonds. The summed E-state index contributed by atoms with van der Waals surface area (Å²) in [4.78, 5) is 11.8. The molecule has 1 aliphatic rings. The first-order chi connectivity index (χ1) is 11.1. The number of hydrogen-bond donors (Lipinski definition) is 0. The molecule has 0 radical (unpaired) electrons. The Bertz CT molecular complexity index is 967. The van der Waals surface area contributed by atoms with E-state index in [1.54, 1.807) is 6.92 Å². The number of benzene rings is 3. The highest BCUT2D eigenvalue weighted by atomic mass is 16.5. The van der Waals surface area contributed by atoms with E-state index < -0.39 is 0 Å². The quantitative estimate of drug-likeness (QED) is 0.299. The molecule has 4 rings (SSSR count). The Kier molecular flexibility index (Phi) is 3.05. The molecule has 112 valence electrons. The van der Waals surface area contributed by atoms with Gasteiger partial charge in [-0.15, -0.1) is 0 Å². The van der Waals surface area contributed by atoms with Crippen LogP contribution in [0.15, 0.2) is 66.7 Å². The molecule has 23 heavy (non-hydrogen) atoms. The summed E-state index contributed by atoms with van der Waals surface area (Å²) in [5.74, 6) is 0.204. The van der Waals surface area contributed by atoms with Crippen molar-refractivity contribution in [3.05, 3.63) is 77.9 Å². The van der Waals surface area contributed by atoms with Crippen molar-refractivity contribution in [1.82, 2.24) is 0 Å². The van der Waals surface area contributed by atoms with Gasteiger partial charge in [0.05, 0.1) is 0 Å². The number of rotatable bonds is 2. The van der Waals surface area contributed by atoms with Crippen LogP contribution in [0.3, 0.4) is 0 Å². The Hall–Kier alpha value is -2.87. The van der Waals surface area contributed by atoms with Crippen molar-refractivity contribution in [2.24, 2.45) is 0 Å². The standard InChI is InChI=1S/C21H16O2/c1-13(2)21(22)23-20-9-5-7-15-11-18-16(12-19(15)20)10-14-6-3-4-8-17(14)18/h3-9,11-12H,1,10H2,2H3. The predicted octanol–water partition coefficient (Wildman–Crippen LogP) is 4.89. The lowest BCUT2D eigenvalue weighted by atomic mass is 10.00. The highest BCUT2D eigenvalue weighted by Crippen LogP contribution is 2.40. The van der Waals surface area contributed by atoms with Crippen LogP contribution in [0.25, 0.3) is 21.9 Å². The minimum Gasteiger partial charge on any atom is -0.423 e. The Labute approximate surface area is 135 Å². The van der Waals surface area contributed by atoms with Gasteiger partial charge < -0.3 is 4.74 Å². The predicted molar refractivity (Wildman–Crippen MR) is 92.6 cm³/mol. The fraction of sp³-hybridized carbons (Fsp3) is 0.0952. The molecule has 0 fully saturated rings. The smallest absolute Gasteiger partial charge is 0.338 e. The maximum absolute atomic E-state index is 11.8. The van der Waals surface area contributed by atoms with Crippen molar-refractivity contribution in [3.8, 4) is 16.9 Å². The van der Waals surface area contributed by atoms with Gasteiger partial charge in [0.2, 0.25) is 0 Å². The van der Waals surface area contributed by atoms with E-state index in [0.29, 0.717) is 11.3 Å². The van der Waals surface area contributed by atoms with Crippen molar-refractivity contribution in [2.45, 2.75) is 13.3 Å². The van der Waals surface area contributed by atoms with Gasteiger partial charge >= 0.3 is 5.97 Å². The highest BCUT2D eigenvalue weighted by Gasteiger charge is 2.19. The summed E-state index contributed by atoms with van der Waals surface area (Å²) in [6.07, 6.45) is 0.921. The van der Waals surface area contributed by atoms with E-state index >= 15 is 0 Å². The number of carbonyl (C=O) groups is 1. The van der Waals surface area contributed by atoms with Crippen LogP contribution in [-0.2, 0) is 11.2 Å². The van der Waals surface area contributed by atoms with Gasteiger partial charge in [0.25, 0.3) is 0 Å². The molecule has 0 aromatic heterocycles. The molecule has 0 unspecified atom stereocenters. The van der Waals surface area contributed by atoms with Gasteiger partial charge in [0.15, 0.2) is 0 Å².